The largest absolute Gasteiger partial charge is 0.465 e. The van der Waals surface area contributed by atoms with Crippen LogP contribution < -0.4 is 10.6 Å². The van der Waals surface area contributed by atoms with Crippen LogP contribution in [0.3, 0.4) is 0 Å². The fourth-order valence-electron chi connectivity index (χ4n) is 3.15. The molecule has 3 rings (SSSR count). The molecule has 0 aliphatic carbocycles. The Morgan fingerprint density at radius 1 is 1.32 bits per heavy atom. The molecule has 1 unspecified atom stereocenters. The SMILES string of the molecule is C#Cc1cccc(NC(=O)NCC(c2ccc(C)o2)N2CCCC2)c1. The summed E-state index contributed by atoms with van der Waals surface area (Å²) in [6.45, 7) is 4.48. The molecule has 0 saturated carbocycles. The van der Waals surface area contributed by atoms with E-state index < -0.39 is 0 Å². The van der Waals surface area contributed by atoms with Gasteiger partial charge in [0, 0.05) is 17.8 Å². The number of terminal acetylenes is 1. The average Bonchev–Trinajstić information content (AvgIpc) is 3.28. The van der Waals surface area contributed by atoms with E-state index in [2.05, 4.69) is 21.5 Å². The first-order valence-corrected chi connectivity index (χ1v) is 8.57. The van der Waals surface area contributed by atoms with Crippen molar-refractivity contribution in [2.24, 2.45) is 0 Å². The van der Waals surface area contributed by atoms with E-state index in [1.165, 1.54) is 12.8 Å². The van der Waals surface area contributed by atoms with Gasteiger partial charge in [0.1, 0.15) is 11.5 Å². The third kappa shape index (κ3) is 4.43. The van der Waals surface area contributed by atoms with E-state index in [0.29, 0.717) is 12.2 Å². The van der Waals surface area contributed by atoms with E-state index in [4.69, 9.17) is 10.8 Å². The van der Waals surface area contributed by atoms with E-state index in [0.717, 1.165) is 30.2 Å². The molecule has 130 valence electrons. The fraction of sp³-hybridized carbons (Fsp3) is 0.350. The normalized spacial score (nSPS) is 15.5. The summed E-state index contributed by atoms with van der Waals surface area (Å²) in [7, 11) is 0. The number of hydrogen-bond acceptors (Lipinski definition) is 3. The van der Waals surface area contributed by atoms with E-state index >= 15 is 0 Å². The topological polar surface area (TPSA) is 57.5 Å². The molecule has 2 heterocycles. The molecule has 5 heteroatoms. The Balaban J connectivity index is 1.62. The van der Waals surface area contributed by atoms with Crippen LogP contribution in [0.1, 0.15) is 36.0 Å². The van der Waals surface area contributed by atoms with Gasteiger partial charge in [-0.05, 0) is 63.2 Å². The van der Waals surface area contributed by atoms with Crippen LogP contribution in [0.5, 0.6) is 0 Å². The fourth-order valence-corrected chi connectivity index (χ4v) is 3.15. The Morgan fingerprint density at radius 2 is 2.12 bits per heavy atom. The quantitative estimate of drug-likeness (QED) is 0.821. The number of aryl methyl sites for hydroxylation is 1. The van der Waals surface area contributed by atoms with Crippen LogP contribution in [0.2, 0.25) is 0 Å². The summed E-state index contributed by atoms with van der Waals surface area (Å²) in [5, 5.41) is 5.77. The van der Waals surface area contributed by atoms with E-state index in [9.17, 15) is 4.79 Å². The summed E-state index contributed by atoms with van der Waals surface area (Å²) in [6.07, 6.45) is 7.75. The lowest BCUT2D eigenvalue weighted by molar-refractivity contribution is 0.205. The molecule has 5 nitrogen and oxygen atoms in total. The maximum Gasteiger partial charge on any atom is 0.319 e. The number of furan rings is 1. The third-order valence-electron chi connectivity index (χ3n) is 4.41. The summed E-state index contributed by atoms with van der Waals surface area (Å²) in [5.74, 6) is 4.34. The summed E-state index contributed by atoms with van der Waals surface area (Å²) >= 11 is 0. The Bertz CT molecular complexity index is 769. The van der Waals surface area contributed by atoms with Gasteiger partial charge < -0.3 is 15.1 Å². The van der Waals surface area contributed by atoms with Crippen molar-refractivity contribution in [2.45, 2.75) is 25.8 Å². The molecule has 2 N–H and O–H groups in total. The van der Waals surface area contributed by atoms with Crippen molar-refractivity contribution >= 4 is 11.7 Å². The number of carbonyl (C=O) groups is 1. The van der Waals surface area contributed by atoms with Crippen molar-refractivity contribution in [1.82, 2.24) is 10.2 Å². The van der Waals surface area contributed by atoms with Crippen molar-refractivity contribution in [3.63, 3.8) is 0 Å². The minimum Gasteiger partial charge on any atom is -0.465 e. The average molecular weight is 337 g/mol. The van der Waals surface area contributed by atoms with E-state index in [1.807, 2.05) is 37.3 Å². The minimum atomic E-state index is -0.248. The van der Waals surface area contributed by atoms with E-state index in [1.54, 1.807) is 6.07 Å². The van der Waals surface area contributed by atoms with Crippen molar-refractivity contribution in [3.05, 3.63) is 53.5 Å². The number of nitrogens with zero attached hydrogens (tertiary/aromatic N) is 1. The molecular formula is C20H23N3O2. The number of rotatable bonds is 5. The Hall–Kier alpha value is -2.71. The van der Waals surface area contributed by atoms with Gasteiger partial charge in [-0.15, -0.1) is 6.42 Å². The van der Waals surface area contributed by atoms with Gasteiger partial charge in [-0.25, -0.2) is 4.79 Å². The van der Waals surface area contributed by atoms with Crippen LogP contribution in [-0.4, -0.2) is 30.6 Å². The second-order valence-electron chi connectivity index (χ2n) is 6.27. The summed E-state index contributed by atoms with van der Waals surface area (Å²) in [4.78, 5) is 14.6. The van der Waals surface area contributed by atoms with Gasteiger partial charge in [0.05, 0.1) is 6.04 Å². The zero-order valence-electron chi connectivity index (χ0n) is 14.4. The van der Waals surface area contributed by atoms with Crippen LogP contribution in [0, 0.1) is 19.3 Å². The predicted octanol–water partition coefficient (Wildman–Crippen LogP) is 3.53. The van der Waals surface area contributed by atoms with Gasteiger partial charge in [-0.3, -0.25) is 4.90 Å². The van der Waals surface area contributed by atoms with Gasteiger partial charge in [-0.1, -0.05) is 12.0 Å². The number of amides is 2. The second-order valence-corrected chi connectivity index (χ2v) is 6.27. The van der Waals surface area contributed by atoms with Gasteiger partial charge >= 0.3 is 6.03 Å². The zero-order valence-corrected chi connectivity index (χ0v) is 14.4. The Kier molecular flexibility index (Phi) is 5.42. The van der Waals surface area contributed by atoms with Crippen molar-refractivity contribution in [3.8, 4) is 12.3 Å². The smallest absolute Gasteiger partial charge is 0.319 e. The highest BCUT2D eigenvalue weighted by Crippen LogP contribution is 2.26. The molecule has 1 saturated heterocycles. The van der Waals surface area contributed by atoms with Crippen molar-refractivity contribution in [1.29, 1.82) is 0 Å². The lowest BCUT2D eigenvalue weighted by Gasteiger charge is -2.26. The van der Waals surface area contributed by atoms with Gasteiger partial charge in [0.15, 0.2) is 0 Å². The second kappa shape index (κ2) is 7.91. The number of carbonyl (C=O) groups excluding carboxylic acids is 1. The van der Waals surface area contributed by atoms with Gasteiger partial charge in [0.2, 0.25) is 0 Å². The number of hydrogen-bond donors (Lipinski definition) is 2. The highest BCUT2D eigenvalue weighted by molar-refractivity contribution is 5.89. The summed E-state index contributed by atoms with van der Waals surface area (Å²) in [6, 6.07) is 11.0. The number of likely N-dealkylation sites (tertiary alicyclic amines) is 1. The van der Waals surface area contributed by atoms with Crippen LogP contribution in [0.4, 0.5) is 10.5 Å². The molecule has 1 aromatic carbocycles. The van der Waals surface area contributed by atoms with Crippen LogP contribution in [0.25, 0.3) is 0 Å². The highest BCUT2D eigenvalue weighted by atomic mass is 16.3. The lowest BCUT2D eigenvalue weighted by atomic mass is 10.2. The zero-order chi connectivity index (χ0) is 17.6. The Morgan fingerprint density at radius 3 is 2.80 bits per heavy atom. The van der Waals surface area contributed by atoms with Crippen molar-refractivity contribution < 1.29 is 9.21 Å². The molecular weight excluding hydrogens is 314 g/mol. The molecule has 2 aromatic rings. The summed E-state index contributed by atoms with van der Waals surface area (Å²) in [5.41, 5.74) is 1.42. The van der Waals surface area contributed by atoms with Crippen molar-refractivity contribution in [2.75, 3.05) is 25.0 Å². The molecule has 1 aliphatic heterocycles. The van der Waals surface area contributed by atoms with Crippen LogP contribution in [0.15, 0.2) is 40.8 Å². The minimum absolute atomic E-state index is 0.0546. The molecule has 1 atom stereocenters. The summed E-state index contributed by atoms with van der Waals surface area (Å²) < 4.78 is 5.80. The maximum absolute atomic E-state index is 12.2. The predicted molar refractivity (Wildman–Crippen MR) is 98.4 cm³/mol. The third-order valence-corrected chi connectivity index (χ3v) is 4.41. The molecule has 25 heavy (non-hydrogen) atoms. The van der Waals surface area contributed by atoms with Crippen LogP contribution in [-0.2, 0) is 0 Å². The number of nitrogens with one attached hydrogen (secondary N) is 2. The Labute approximate surface area is 148 Å². The molecule has 1 fully saturated rings. The monoisotopic (exact) mass is 337 g/mol. The molecule has 0 bridgehead atoms. The molecule has 0 radical (unpaired) electrons. The van der Waals surface area contributed by atoms with E-state index in [-0.39, 0.29) is 12.1 Å². The van der Waals surface area contributed by atoms with Gasteiger partial charge in [-0.2, -0.15) is 0 Å². The first-order chi connectivity index (χ1) is 12.2. The molecule has 1 aliphatic rings. The first kappa shape index (κ1) is 17.1. The van der Waals surface area contributed by atoms with Gasteiger partial charge in [0.25, 0.3) is 0 Å². The number of urea groups is 1. The lowest BCUT2D eigenvalue weighted by Crippen LogP contribution is -2.38. The standard InChI is InChI=1S/C20H23N3O2/c1-3-16-7-6-8-17(13-16)22-20(24)21-14-18(23-11-4-5-12-23)19-10-9-15(2)25-19/h1,6-10,13,18H,4-5,11-12,14H2,2H3,(H2,21,22,24). The molecule has 0 spiro atoms. The first-order valence-electron chi connectivity index (χ1n) is 8.57. The number of benzene rings is 1. The molecule has 2 amide bonds. The highest BCUT2D eigenvalue weighted by Gasteiger charge is 2.26. The van der Waals surface area contributed by atoms with Crippen LogP contribution >= 0.6 is 0 Å². The maximum atomic E-state index is 12.2. The molecule has 1 aromatic heterocycles. The number of anilines is 1.